The number of allylic oxidation sites excluding steroid dienone is 1. The summed E-state index contributed by atoms with van der Waals surface area (Å²) in [5, 5.41) is 0. The van der Waals surface area contributed by atoms with Gasteiger partial charge < -0.3 is 4.48 Å². The first-order chi connectivity index (χ1) is 10.2. The highest BCUT2D eigenvalue weighted by atomic mass is 16.1. The highest BCUT2D eigenvalue weighted by Crippen LogP contribution is 2.66. The molecule has 0 radical (unpaired) electrons. The van der Waals surface area contributed by atoms with Crippen LogP contribution in [0.5, 0.6) is 0 Å². The van der Waals surface area contributed by atoms with Crippen molar-refractivity contribution in [3.8, 4) is 0 Å². The van der Waals surface area contributed by atoms with Gasteiger partial charge in [0.25, 0.3) is 0 Å². The van der Waals surface area contributed by atoms with Crippen LogP contribution in [0.1, 0.15) is 32.3 Å². The van der Waals surface area contributed by atoms with Crippen LogP contribution in [-0.2, 0) is 4.79 Å². The van der Waals surface area contributed by atoms with E-state index in [1.807, 2.05) is 18.2 Å². The standard InChI is InChI=1S/C20H28NO/c1-19(2)17-11-12-20(19,14-21(3,4)5)18(22)16(17)13-15-9-7-6-8-10-15/h6-10,13,17H,11-12,14H2,1-5H3/q+1. The number of ketones is 1. The van der Waals surface area contributed by atoms with E-state index < -0.39 is 0 Å². The van der Waals surface area contributed by atoms with Gasteiger partial charge in [0, 0.05) is 5.57 Å². The molecule has 2 unspecified atom stereocenters. The Hall–Kier alpha value is -1.41. The topological polar surface area (TPSA) is 17.1 Å². The summed E-state index contributed by atoms with van der Waals surface area (Å²) in [4.78, 5) is 13.3. The molecule has 2 nitrogen and oxygen atoms in total. The minimum absolute atomic E-state index is 0.0657. The van der Waals surface area contributed by atoms with Crippen molar-refractivity contribution in [1.82, 2.24) is 0 Å². The second-order valence-electron chi connectivity index (χ2n) is 8.68. The summed E-state index contributed by atoms with van der Waals surface area (Å²) in [6, 6.07) is 10.3. The lowest BCUT2D eigenvalue weighted by Crippen LogP contribution is -2.51. The Morgan fingerprint density at radius 1 is 1.18 bits per heavy atom. The molecule has 0 N–H and O–H groups in total. The molecule has 0 spiro atoms. The highest BCUT2D eigenvalue weighted by molar-refractivity contribution is 6.08. The highest BCUT2D eigenvalue weighted by Gasteiger charge is 2.68. The maximum absolute atomic E-state index is 13.3. The molecule has 1 aromatic rings. The van der Waals surface area contributed by atoms with Crippen LogP contribution in [0.4, 0.5) is 0 Å². The second-order valence-corrected chi connectivity index (χ2v) is 8.68. The summed E-state index contributed by atoms with van der Waals surface area (Å²) in [5.74, 6) is 0.817. The number of nitrogens with zero attached hydrogens (tertiary/aromatic N) is 1. The number of rotatable bonds is 3. The Kier molecular flexibility index (Phi) is 3.37. The molecule has 1 aromatic carbocycles. The number of carbonyl (C=O) groups excluding carboxylic acids is 1. The van der Waals surface area contributed by atoms with Crippen LogP contribution in [0.2, 0.25) is 0 Å². The van der Waals surface area contributed by atoms with E-state index in [0.29, 0.717) is 11.7 Å². The first kappa shape index (κ1) is 15.5. The van der Waals surface area contributed by atoms with Crippen molar-refractivity contribution >= 4 is 11.9 Å². The van der Waals surface area contributed by atoms with Gasteiger partial charge in [0.15, 0.2) is 5.78 Å². The van der Waals surface area contributed by atoms with Gasteiger partial charge in [-0.1, -0.05) is 44.2 Å². The van der Waals surface area contributed by atoms with Gasteiger partial charge in [-0.05, 0) is 35.8 Å². The third-order valence-corrected chi connectivity index (χ3v) is 5.90. The first-order valence-corrected chi connectivity index (χ1v) is 8.29. The molecular weight excluding hydrogens is 270 g/mol. The minimum atomic E-state index is -0.184. The lowest BCUT2D eigenvalue weighted by molar-refractivity contribution is -0.876. The molecule has 2 fully saturated rings. The van der Waals surface area contributed by atoms with E-state index >= 15 is 0 Å². The predicted molar refractivity (Wildman–Crippen MR) is 91.3 cm³/mol. The van der Waals surface area contributed by atoms with Crippen molar-refractivity contribution in [2.45, 2.75) is 26.7 Å². The molecule has 0 amide bonds. The Morgan fingerprint density at radius 3 is 2.41 bits per heavy atom. The smallest absolute Gasteiger partial charge is 0.171 e. The maximum atomic E-state index is 13.3. The third kappa shape index (κ3) is 2.16. The number of Topliss-reactive ketones (excluding diaryl/α,β-unsaturated/α-hetero) is 1. The van der Waals surface area contributed by atoms with E-state index in [4.69, 9.17) is 0 Å². The normalized spacial score (nSPS) is 32.0. The summed E-state index contributed by atoms with van der Waals surface area (Å²) in [7, 11) is 6.60. The molecule has 0 saturated heterocycles. The van der Waals surface area contributed by atoms with Crippen molar-refractivity contribution in [3.63, 3.8) is 0 Å². The molecule has 2 atom stereocenters. The van der Waals surface area contributed by atoms with Crippen LogP contribution >= 0.6 is 0 Å². The molecule has 2 bridgehead atoms. The first-order valence-electron chi connectivity index (χ1n) is 8.29. The quantitative estimate of drug-likeness (QED) is 0.613. The summed E-state index contributed by atoms with van der Waals surface area (Å²) >= 11 is 0. The summed E-state index contributed by atoms with van der Waals surface area (Å²) in [5.41, 5.74) is 2.10. The molecule has 0 aliphatic heterocycles. The van der Waals surface area contributed by atoms with Gasteiger partial charge in [-0.25, -0.2) is 0 Å². The molecule has 118 valence electrons. The molecule has 3 rings (SSSR count). The monoisotopic (exact) mass is 298 g/mol. The molecule has 0 aromatic heterocycles. The van der Waals surface area contributed by atoms with Gasteiger partial charge in [0.2, 0.25) is 0 Å². The van der Waals surface area contributed by atoms with Crippen LogP contribution < -0.4 is 0 Å². The zero-order chi connectivity index (χ0) is 16.2. The number of fused-ring (bicyclic) bond motifs is 2. The number of hydrogen-bond donors (Lipinski definition) is 0. The van der Waals surface area contributed by atoms with Gasteiger partial charge in [-0.2, -0.15) is 0 Å². The van der Waals surface area contributed by atoms with Crippen molar-refractivity contribution in [2.24, 2.45) is 16.7 Å². The third-order valence-electron chi connectivity index (χ3n) is 5.90. The Bertz CT molecular complexity index is 621. The molecule has 2 aliphatic carbocycles. The van der Waals surface area contributed by atoms with Gasteiger partial charge >= 0.3 is 0 Å². The van der Waals surface area contributed by atoms with Crippen molar-refractivity contribution in [3.05, 3.63) is 41.5 Å². The predicted octanol–water partition coefficient (Wildman–Crippen LogP) is 3.78. The fourth-order valence-corrected chi connectivity index (χ4v) is 4.85. The van der Waals surface area contributed by atoms with Gasteiger partial charge in [0.1, 0.15) is 0 Å². The second kappa shape index (κ2) is 4.79. The van der Waals surface area contributed by atoms with Gasteiger partial charge in [0.05, 0.1) is 33.1 Å². The van der Waals surface area contributed by atoms with Gasteiger partial charge in [-0.15, -0.1) is 0 Å². The Balaban J connectivity index is 2.05. The SMILES string of the molecule is CC1(C)C2CCC1(C[N+](C)(C)C)C(=O)C2=Cc1ccccc1. The lowest BCUT2D eigenvalue weighted by Gasteiger charge is -2.40. The van der Waals surface area contributed by atoms with Crippen LogP contribution in [0.15, 0.2) is 35.9 Å². The minimum Gasteiger partial charge on any atom is -0.330 e. The number of quaternary nitrogens is 1. The molecule has 0 heterocycles. The lowest BCUT2D eigenvalue weighted by atomic mass is 9.68. The van der Waals surface area contributed by atoms with Crippen LogP contribution in [0.25, 0.3) is 6.08 Å². The summed E-state index contributed by atoms with van der Waals surface area (Å²) in [6.07, 6.45) is 4.34. The van der Waals surface area contributed by atoms with E-state index in [1.165, 1.54) is 0 Å². The average molecular weight is 298 g/mol. The van der Waals surface area contributed by atoms with Crippen LogP contribution in [-0.4, -0.2) is 38.0 Å². The summed E-state index contributed by atoms with van der Waals surface area (Å²) < 4.78 is 0.848. The Labute approximate surface area is 134 Å². The van der Waals surface area contributed by atoms with Crippen LogP contribution in [0.3, 0.4) is 0 Å². The average Bonchev–Trinajstić information content (AvgIpc) is 2.73. The molecule has 22 heavy (non-hydrogen) atoms. The summed E-state index contributed by atoms with van der Waals surface area (Å²) in [6.45, 7) is 5.55. The Morgan fingerprint density at radius 2 is 1.82 bits per heavy atom. The van der Waals surface area contributed by atoms with Crippen molar-refractivity contribution < 1.29 is 9.28 Å². The largest absolute Gasteiger partial charge is 0.330 e. The zero-order valence-electron chi connectivity index (χ0n) is 14.5. The number of benzene rings is 1. The van der Waals surface area contributed by atoms with Crippen molar-refractivity contribution in [2.75, 3.05) is 27.7 Å². The van der Waals surface area contributed by atoms with Crippen LogP contribution in [0, 0.1) is 16.7 Å². The van der Waals surface area contributed by atoms with E-state index in [9.17, 15) is 4.79 Å². The number of hydrogen-bond acceptors (Lipinski definition) is 1. The molecule has 2 heteroatoms. The number of carbonyl (C=O) groups is 1. The van der Waals surface area contributed by atoms with Gasteiger partial charge in [-0.3, -0.25) is 4.79 Å². The van der Waals surface area contributed by atoms with E-state index in [1.54, 1.807) is 0 Å². The van der Waals surface area contributed by atoms with E-state index in [0.717, 1.165) is 35.0 Å². The fraction of sp³-hybridized carbons (Fsp3) is 0.550. The maximum Gasteiger partial charge on any atom is 0.171 e. The van der Waals surface area contributed by atoms with E-state index in [2.05, 4.69) is 53.2 Å². The molecule has 2 saturated carbocycles. The van der Waals surface area contributed by atoms with E-state index in [-0.39, 0.29) is 10.8 Å². The zero-order valence-corrected chi connectivity index (χ0v) is 14.5. The van der Waals surface area contributed by atoms with Crippen molar-refractivity contribution in [1.29, 1.82) is 0 Å². The fourth-order valence-electron chi connectivity index (χ4n) is 4.85. The molecular formula is C20H28NO+. The molecule has 2 aliphatic rings.